The van der Waals surface area contributed by atoms with Crippen LogP contribution < -0.4 is 5.32 Å². The molecule has 0 bridgehead atoms. The number of esters is 1. The van der Waals surface area contributed by atoms with Gasteiger partial charge in [-0.1, -0.05) is 36.4 Å². The second-order valence-corrected chi connectivity index (χ2v) is 5.90. The Bertz CT molecular complexity index is 714. The van der Waals surface area contributed by atoms with Crippen molar-refractivity contribution in [1.29, 1.82) is 0 Å². The maximum absolute atomic E-state index is 12.0. The molecule has 0 aliphatic carbocycles. The molecule has 2 aromatic rings. The smallest absolute Gasteiger partial charge is 0.316 e. The van der Waals surface area contributed by atoms with Gasteiger partial charge in [0, 0.05) is 16.7 Å². The van der Waals surface area contributed by atoms with Crippen molar-refractivity contribution in [2.75, 3.05) is 17.7 Å². The summed E-state index contributed by atoms with van der Waals surface area (Å²) in [5, 5.41) is 2.81. The molecule has 0 radical (unpaired) electrons. The zero-order valence-corrected chi connectivity index (χ0v) is 14.2. The van der Waals surface area contributed by atoms with Crippen molar-refractivity contribution in [3.63, 3.8) is 0 Å². The predicted molar refractivity (Wildman–Crippen MR) is 97.9 cm³/mol. The van der Waals surface area contributed by atoms with E-state index in [0.29, 0.717) is 12.3 Å². The molecule has 0 saturated carbocycles. The minimum atomic E-state index is -0.247. The van der Waals surface area contributed by atoms with E-state index in [0.717, 1.165) is 10.5 Å². The fourth-order valence-corrected chi connectivity index (χ4v) is 2.68. The van der Waals surface area contributed by atoms with Gasteiger partial charge in [0.05, 0.1) is 12.4 Å². The lowest BCUT2D eigenvalue weighted by Gasteiger charge is -2.06. The minimum absolute atomic E-state index is 0.202. The second-order valence-electron chi connectivity index (χ2n) is 4.85. The van der Waals surface area contributed by atoms with E-state index in [1.165, 1.54) is 17.8 Å². The highest BCUT2D eigenvalue weighted by Gasteiger charge is 2.04. The minimum Gasteiger partial charge on any atom is -0.465 e. The fourth-order valence-electron chi connectivity index (χ4n) is 1.93. The summed E-state index contributed by atoms with van der Waals surface area (Å²) in [7, 11) is 0. The number of hydrogen-bond donors (Lipinski definition) is 1. The fraction of sp³-hybridized carbons (Fsp3) is 0.158. The van der Waals surface area contributed by atoms with E-state index in [4.69, 9.17) is 4.74 Å². The number of rotatable bonds is 7. The summed E-state index contributed by atoms with van der Waals surface area (Å²) in [6, 6.07) is 17.0. The number of ether oxygens (including phenoxy) is 1. The van der Waals surface area contributed by atoms with Gasteiger partial charge in [0.2, 0.25) is 5.91 Å². The van der Waals surface area contributed by atoms with E-state index in [9.17, 15) is 9.59 Å². The number of amides is 1. The molecule has 0 unspecified atom stereocenters. The lowest BCUT2D eigenvalue weighted by molar-refractivity contribution is -0.139. The summed E-state index contributed by atoms with van der Waals surface area (Å²) in [6.45, 7) is 2.16. The van der Waals surface area contributed by atoms with Gasteiger partial charge in [-0.2, -0.15) is 0 Å². The lowest BCUT2D eigenvalue weighted by atomic mass is 10.2. The van der Waals surface area contributed by atoms with Crippen LogP contribution in [0.25, 0.3) is 6.08 Å². The van der Waals surface area contributed by atoms with E-state index >= 15 is 0 Å². The first-order valence-electron chi connectivity index (χ1n) is 7.60. The van der Waals surface area contributed by atoms with Crippen molar-refractivity contribution in [3.8, 4) is 0 Å². The molecule has 0 spiro atoms. The van der Waals surface area contributed by atoms with E-state index in [1.54, 1.807) is 13.0 Å². The summed E-state index contributed by atoms with van der Waals surface area (Å²) in [5.41, 5.74) is 1.65. The Morgan fingerprint density at radius 2 is 1.92 bits per heavy atom. The van der Waals surface area contributed by atoms with Crippen LogP contribution in [0.3, 0.4) is 0 Å². The third-order valence-electron chi connectivity index (χ3n) is 2.99. The van der Waals surface area contributed by atoms with Gasteiger partial charge in [0.1, 0.15) is 0 Å². The number of carbonyl (C=O) groups is 2. The molecule has 0 aromatic heterocycles. The molecule has 0 aliphatic rings. The maximum Gasteiger partial charge on any atom is 0.316 e. The first-order chi connectivity index (χ1) is 11.7. The standard InChI is InChI=1S/C19H19NO3S/c1-2-23-19(22)14-24-17-10-6-9-16(13-17)20-18(21)12-11-15-7-4-3-5-8-15/h3-13H,2,14H2,1H3,(H,20,21)/b12-11+. The van der Waals surface area contributed by atoms with Gasteiger partial charge >= 0.3 is 5.97 Å². The van der Waals surface area contributed by atoms with Gasteiger partial charge < -0.3 is 10.1 Å². The van der Waals surface area contributed by atoms with Crippen molar-refractivity contribution in [2.24, 2.45) is 0 Å². The zero-order chi connectivity index (χ0) is 17.2. The third-order valence-corrected chi connectivity index (χ3v) is 3.96. The van der Waals surface area contributed by atoms with Crippen LogP contribution in [0.1, 0.15) is 12.5 Å². The zero-order valence-electron chi connectivity index (χ0n) is 13.4. The molecule has 2 aromatic carbocycles. The molecule has 124 valence electrons. The molecule has 5 heteroatoms. The van der Waals surface area contributed by atoms with Gasteiger partial charge in [-0.3, -0.25) is 9.59 Å². The van der Waals surface area contributed by atoms with Crippen molar-refractivity contribution in [1.82, 2.24) is 0 Å². The molecule has 4 nitrogen and oxygen atoms in total. The van der Waals surface area contributed by atoms with Crippen LogP contribution in [0.5, 0.6) is 0 Å². The van der Waals surface area contributed by atoms with Crippen LogP contribution in [-0.2, 0) is 14.3 Å². The molecular formula is C19H19NO3S. The first-order valence-corrected chi connectivity index (χ1v) is 8.58. The summed E-state index contributed by atoms with van der Waals surface area (Å²) < 4.78 is 4.89. The highest BCUT2D eigenvalue weighted by Crippen LogP contribution is 2.21. The number of carbonyl (C=O) groups excluding carboxylic acids is 2. The first kappa shape index (κ1) is 17.8. The van der Waals surface area contributed by atoms with E-state index in [-0.39, 0.29) is 17.6 Å². The van der Waals surface area contributed by atoms with Crippen LogP contribution in [0.2, 0.25) is 0 Å². The Balaban J connectivity index is 1.90. The molecule has 1 N–H and O–H groups in total. The number of hydrogen-bond acceptors (Lipinski definition) is 4. The van der Waals surface area contributed by atoms with Gasteiger partial charge in [0.15, 0.2) is 0 Å². The third kappa shape index (κ3) is 6.30. The molecule has 0 aliphatic heterocycles. The molecule has 0 atom stereocenters. The van der Waals surface area contributed by atoms with Gasteiger partial charge in [0.25, 0.3) is 0 Å². The molecule has 0 saturated heterocycles. The summed E-state index contributed by atoms with van der Waals surface area (Å²) in [4.78, 5) is 24.2. The molecule has 2 rings (SSSR count). The lowest BCUT2D eigenvalue weighted by Crippen LogP contribution is -2.08. The highest BCUT2D eigenvalue weighted by atomic mass is 32.2. The Morgan fingerprint density at radius 3 is 2.67 bits per heavy atom. The Labute approximate surface area is 145 Å². The quantitative estimate of drug-likeness (QED) is 0.470. The van der Waals surface area contributed by atoms with E-state index in [2.05, 4.69) is 5.32 Å². The molecule has 0 heterocycles. The van der Waals surface area contributed by atoms with Crippen molar-refractivity contribution >= 4 is 35.4 Å². The Morgan fingerprint density at radius 1 is 1.12 bits per heavy atom. The molecular weight excluding hydrogens is 322 g/mol. The normalized spacial score (nSPS) is 10.5. The molecule has 24 heavy (non-hydrogen) atoms. The number of nitrogens with one attached hydrogen (secondary N) is 1. The van der Waals surface area contributed by atoms with Crippen molar-refractivity contribution in [2.45, 2.75) is 11.8 Å². The monoisotopic (exact) mass is 341 g/mol. The van der Waals surface area contributed by atoms with Crippen LogP contribution in [0, 0.1) is 0 Å². The van der Waals surface area contributed by atoms with Crippen LogP contribution in [0.15, 0.2) is 65.6 Å². The highest BCUT2D eigenvalue weighted by molar-refractivity contribution is 8.00. The van der Waals surface area contributed by atoms with Crippen LogP contribution >= 0.6 is 11.8 Å². The largest absolute Gasteiger partial charge is 0.465 e. The predicted octanol–water partition coefficient (Wildman–Crippen LogP) is 3.99. The Kier molecular flexibility index (Phi) is 7.11. The average Bonchev–Trinajstić information content (AvgIpc) is 2.60. The van der Waals surface area contributed by atoms with Crippen LogP contribution in [0.4, 0.5) is 5.69 Å². The van der Waals surface area contributed by atoms with E-state index in [1.807, 2.05) is 54.6 Å². The van der Waals surface area contributed by atoms with Crippen molar-refractivity contribution < 1.29 is 14.3 Å². The molecule has 0 fully saturated rings. The van der Waals surface area contributed by atoms with Gasteiger partial charge in [-0.15, -0.1) is 11.8 Å². The number of benzene rings is 2. The Hall–Kier alpha value is -2.53. The number of anilines is 1. The SMILES string of the molecule is CCOC(=O)CSc1cccc(NC(=O)/C=C/c2ccccc2)c1. The van der Waals surface area contributed by atoms with Crippen LogP contribution in [-0.4, -0.2) is 24.2 Å². The summed E-state index contributed by atoms with van der Waals surface area (Å²) >= 11 is 1.38. The average molecular weight is 341 g/mol. The second kappa shape index (κ2) is 9.57. The summed E-state index contributed by atoms with van der Waals surface area (Å²) in [6.07, 6.45) is 3.25. The topological polar surface area (TPSA) is 55.4 Å². The maximum atomic E-state index is 12.0. The van der Waals surface area contributed by atoms with E-state index < -0.39 is 0 Å². The van der Waals surface area contributed by atoms with Crippen molar-refractivity contribution in [3.05, 3.63) is 66.2 Å². The number of thioether (sulfide) groups is 1. The molecule has 1 amide bonds. The van der Waals surface area contributed by atoms with Gasteiger partial charge in [-0.25, -0.2) is 0 Å². The van der Waals surface area contributed by atoms with Gasteiger partial charge in [-0.05, 0) is 36.8 Å². The summed E-state index contributed by atoms with van der Waals surface area (Å²) in [5.74, 6) is -0.201.